The molecule has 0 fully saturated rings. The standard InChI is InChI=1S/C13H12O6/c1-2-11(14)18-7-8-19-13(17)10-6-4-3-5-9(10)12(15)16/h2-6H,1,7-8H2,(H,15,16). The van der Waals surface area contributed by atoms with E-state index in [4.69, 9.17) is 9.84 Å². The van der Waals surface area contributed by atoms with Gasteiger partial charge < -0.3 is 14.6 Å². The lowest BCUT2D eigenvalue weighted by Gasteiger charge is -2.07. The molecule has 100 valence electrons. The van der Waals surface area contributed by atoms with Crippen molar-refractivity contribution in [2.45, 2.75) is 0 Å². The molecular formula is C13H12O6. The highest BCUT2D eigenvalue weighted by Crippen LogP contribution is 2.10. The number of carbonyl (C=O) groups is 3. The number of aromatic carboxylic acids is 1. The first-order valence-corrected chi connectivity index (χ1v) is 5.35. The fourth-order valence-corrected chi connectivity index (χ4v) is 1.26. The Kier molecular flexibility index (Phi) is 5.28. The lowest BCUT2D eigenvalue weighted by Crippen LogP contribution is -2.15. The predicted molar refractivity (Wildman–Crippen MR) is 64.8 cm³/mol. The van der Waals surface area contributed by atoms with Gasteiger partial charge in [-0.3, -0.25) is 0 Å². The number of benzene rings is 1. The molecule has 1 aromatic carbocycles. The second kappa shape index (κ2) is 6.95. The van der Waals surface area contributed by atoms with E-state index in [2.05, 4.69) is 11.3 Å². The van der Waals surface area contributed by atoms with Crippen molar-refractivity contribution < 1.29 is 29.0 Å². The Morgan fingerprint density at radius 2 is 1.68 bits per heavy atom. The summed E-state index contributed by atoms with van der Waals surface area (Å²) < 4.78 is 9.40. The minimum Gasteiger partial charge on any atom is -0.478 e. The van der Waals surface area contributed by atoms with Crippen molar-refractivity contribution in [2.24, 2.45) is 0 Å². The van der Waals surface area contributed by atoms with Gasteiger partial charge in [0.1, 0.15) is 13.2 Å². The summed E-state index contributed by atoms with van der Waals surface area (Å²) in [5.74, 6) is -2.62. The maximum atomic E-state index is 11.6. The van der Waals surface area contributed by atoms with Gasteiger partial charge in [0.2, 0.25) is 0 Å². The zero-order valence-corrected chi connectivity index (χ0v) is 10.00. The molecule has 0 atom stereocenters. The molecule has 1 rings (SSSR count). The van der Waals surface area contributed by atoms with Crippen LogP contribution >= 0.6 is 0 Å². The van der Waals surface area contributed by atoms with Crippen molar-refractivity contribution in [1.82, 2.24) is 0 Å². The fraction of sp³-hybridized carbons (Fsp3) is 0.154. The van der Waals surface area contributed by atoms with E-state index in [0.29, 0.717) is 0 Å². The number of esters is 2. The molecule has 0 aliphatic carbocycles. The first kappa shape index (κ1) is 14.4. The van der Waals surface area contributed by atoms with Crippen LogP contribution in [-0.2, 0) is 14.3 Å². The molecule has 0 aromatic heterocycles. The summed E-state index contributed by atoms with van der Waals surface area (Å²) >= 11 is 0. The molecule has 0 saturated heterocycles. The molecule has 6 heteroatoms. The quantitative estimate of drug-likeness (QED) is 0.472. The van der Waals surface area contributed by atoms with Crippen molar-refractivity contribution >= 4 is 17.9 Å². The minimum absolute atomic E-state index is 0.0509. The number of rotatable bonds is 6. The van der Waals surface area contributed by atoms with Gasteiger partial charge in [0.25, 0.3) is 0 Å². The molecule has 1 aromatic rings. The number of carboxylic acids is 1. The molecular weight excluding hydrogens is 252 g/mol. The van der Waals surface area contributed by atoms with E-state index in [1.807, 2.05) is 0 Å². The number of hydrogen-bond donors (Lipinski definition) is 1. The summed E-state index contributed by atoms with van der Waals surface area (Å²) in [4.78, 5) is 33.2. The van der Waals surface area contributed by atoms with Gasteiger partial charge in [0, 0.05) is 6.08 Å². The van der Waals surface area contributed by atoms with Crippen LogP contribution in [0, 0.1) is 0 Å². The predicted octanol–water partition coefficient (Wildman–Crippen LogP) is 1.27. The number of hydrogen-bond acceptors (Lipinski definition) is 5. The average molecular weight is 264 g/mol. The molecule has 0 aliphatic heterocycles. The summed E-state index contributed by atoms with van der Waals surface area (Å²) in [6, 6.07) is 5.69. The third-order valence-corrected chi connectivity index (χ3v) is 2.10. The summed E-state index contributed by atoms with van der Waals surface area (Å²) in [6.07, 6.45) is 0.988. The van der Waals surface area contributed by atoms with Crippen LogP contribution in [-0.4, -0.2) is 36.2 Å². The molecule has 0 amide bonds. The highest BCUT2D eigenvalue weighted by molar-refractivity contribution is 6.02. The largest absolute Gasteiger partial charge is 0.478 e. The molecule has 6 nitrogen and oxygen atoms in total. The molecule has 0 saturated carbocycles. The van der Waals surface area contributed by atoms with Crippen molar-refractivity contribution in [3.05, 3.63) is 48.0 Å². The maximum Gasteiger partial charge on any atom is 0.339 e. The molecule has 0 radical (unpaired) electrons. The summed E-state index contributed by atoms with van der Waals surface area (Å²) in [7, 11) is 0. The van der Waals surface area contributed by atoms with E-state index in [0.717, 1.165) is 6.08 Å². The minimum atomic E-state index is -1.22. The van der Waals surface area contributed by atoms with Crippen LogP contribution in [0.4, 0.5) is 0 Å². The van der Waals surface area contributed by atoms with Gasteiger partial charge in [0.15, 0.2) is 0 Å². The Labute approximate surface area is 109 Å². The Hall–Kier alpha value is -2.63. The van der Waals surface area contributed by atoms with Crippen LogP contribution in [0.15, 0.2) is 36.9 Å². The molecule has 19 heavy (non-hydrogen) atoms. The first-order valence-electron chi connectivity index (χ1n) is 5.35. The average Bonchev–Trinajstić information content (AvgIpc) is 2.42. The van der Waals surface area contributed by atoms with E-state index >= 15 is 0 Å². The van der Waals surface area contributed by atoms with Crippen LogP contribution in [0.3, 0.4) is 0 Å². The van der Waals surface area contributed by atoms with Gasteiger partial charge in [-0.25, -0.2) is 14.4 Å². The molecule has 0 aliphatic rings. The summed E-state index contributed by atoms with van der Waals surface area (Å²) in [5.41, 5.74) is -0.194. The van der Waals surface area contributed by atoms with E-state index in [9.17, 15) is 14.4 Å². The Morgan fingerprint density at radius 3 is 2.26 bits per heavy atom. The third-order valence-electron chi connectivity index (χ3n) is 2.10. The van der Waals surface area contributed by atoms with Gasteiger partial charge in [-0.15, -0.1) is 0 Å². The SMILES string of the molecule is C=CC(=O)OCCOC(=O)c1ccccc1C(=O)O. The smallest absolute Gasteiger partial charge is 0.339 e. The van der Waals surface area contributed by atoms with Crippen molar-refractivity contribution in [1.29, 1.82) is 0 Å². The van der Waals surface area contributed by atoms with Gasteiger partial charge in [0.05, 0.1) is 11.1 Å². The summed E-state index contributed by atoms with van der Waals surface area (Å²) in [6.45, 7) is 2.93. The number of carbonyl (C=O) groups excluding carboxylic acids is 2. The Bertz CT molecular complexity index is 506. The van der Waals surface area contributed by atoms with Gasteiger partial charge in [-0.05, 0) is 12.1 Å². The van der Waals surface area contributed by atoms with E-state index < -0.39 is 17.9 Å². The monoisotopic (exact) mass is 264 g/mol. The maximum absolute atomic E-state index is 11.6. The van der Waals surface area contributed by atoms with Crippen molar-refractivity contribution in [3.63, 3.8) is 0 Å². The first-order chi connectivity index (χ1) is 9.06. The van der Waals surface area contributed by atoms with Crippen molar-refractivity contribution in [2.75, 3.05) is 13.2 Å². The van der Waals surface area contributed by atoms with Gasteiger partial charge in [-0.1, -0.05) is 18.7 Å². The zero-order chi connectivity index (χ0) is 14.3. The van der Waals surface area contributed by atoms with Crippen LogP contribution in [0.5, 0.6) is 0 Å². The van der Waals surface area contributed by atoms with Crippen molar-refractivity contribution in [3.8, 4) is 0 Å². The Morgan fingerprint density at radius 1 is 1.11 bits per heavy atom. The van der Waals surface area contributed by atoms with Crippen LogP contribution in [0.25, 0.3) is 0 Å². The van der Waals surface area contributed by atoms with E-state index in [1.54, 1.807) is 0 Å². The molecule has 0 spiro atoms. The van der Waals surface area contributed by atoms with E-state index in [-0.39, 0.29) is 24.3 Å². The number of ether oxygens (including phenoxy) is 2. The van der Waals surface area contributed by atoms with Crippen LogP contribution in [0.2, 0.25) is 0 Å². The van der Waals surface area contributed by atoms with Crippen LogP contribution < -0.4 is 0 Å². The molecule has 0 unspecified atom stereocenters. The van der Waals surface area contributed by atoms with Gasteiger partial charge >= 0.3 is 17.9 Å². The van der Waals surface area contributed by atoms with E-state index in [1.165, 1.54) is 24.3 Å². The molecule has 0 heterocycles. The highest BCUT2D eigenvalue weighted by atomic mass is 16.6. The van der Waals surface area contributed by atoms with Crippen LogP contribution in [0.1, 0.15) is 20.7 Å². The third kappa shape index (κ3) is 4.27. The Balaban J connectivity index is 2.57. The molecule has 1 N–H and O–H groups in total. The fourth-order valence-electron chi connectivity index (χ4n) is 1.26. The molecule has 0 bridgehead atoms. The second-order valence-electron chi connectivity index (χ2n) is 3.36. The summed E-state index contributed by atoms with van der Waals surface area (Å²) in [5, 5.41) is 8.90. The lowest BCUT2D eigenvalue weighted by molar-refractivity contribution is -0.138. The topological polar surface area (TPSA) is 89.9 Å². The second-order valence-corrected chi connectivity index (χ2v) is 3.36. The number of carboxylic acid groups (broad SMARTS) is 1. The van der Waals surface area contributed by atoms with Gasteiger partial charge in [-0.2, -0.15) is 0 Å². The lowest BCUT2D eigenvalue weighted by atomic mass is 10.1. The highest BCUT2D eigenvalue weighted by Gasteiger charge is 2.16. The normalized spacial score (nSPS) is 9.47. The zero-order valence-electron chi connectivity index (χ0n) is 10.00.